The molecule has 5 N–H and O–H groups in total. The summed E-state index contributed by atoms with van der Waals surface area (Å²) in [6, 6.07) is 13.9. The molecule has 6 rings (SSSR count). The van der Waals surface area contributed by atoms with Crippen LogP contribution in [0.2, 0.25) is 0 Å². The fourth-order valence-corrected chi connectivity index (χ4v) is 5.06. The molecule has 0 saturated carbocycles. The van der Waals surface area contributed by atoms with E-state index >= 15 is 0 Å². The summed E-state index contributed by atoms with van der Waals surface area (Å²) in [7, 11) is 0. The van der Waals surface area contributed by atoms with Gasteiger partial charge in [0.15, 0.2) is 5.82 Å². The number of nitrogens with two attached hydrogens (primary N) is 1. The van der Waals surface area contributed by atoms with Crippen LogP contribution in [0.3, 0.4) is 0 Å². The lowest BCUT2D eigenvalue weighted by Crippen LogP contribution is -2.60. The molecule has 0 fully saturated rings. The van der Waals surface area contributed by atoms with Crippen molar-refractivity contribution in [3.8, 4) is 5.75 Å². The van der Waals surface area contributed by atoms with E-state index in [4.69, 9.17) is 10.5 Å². The van der Waals surface area contributed by atoms with Gasteiger partial charge in [0, 0.05) is 22.9 Å². The van der Waals surface area contributed by atoms with Crippen molar-refractivity contribution < 1.29 is 23.8 Å². The van der Waals surface area contributed by atoms with Crippen LogP contribution in [0.5, 0.6) is 5.75 Å². The molecule has 1 aromatic heterocycles. The zero-order valence-electron chi connectivity index (χ0n) is 18.8. The molecule has 1 aliphatic heterocycles. The number of H-pyrrole nitrogens is 1. The molecule has 0 saturated heterocycles. The Kier molecular flexibility index (Phi) is 4.20. The van der Waals surface area contributed by atoms with Crippen LogP contribution < -0.4 is 15.8 Å². The van der Waals surface area contributed by atoms with E-state index in [1.807, 2.05) is 19.9 Å². The summed E-state index contributed by atoms with van der Waals surface area (Å²) in [6.45, 7) is 4.02. The smallest absolute Gasteiger partial charge is 0.288 e. The van der Waals surface area contributed by atoms with Crippen molar-refractivity contribution in [3.63, 3.8) is 0 Å². The Labute approximate surface area is 198 Å². The third-order valence-electron chi connectivity index (χ3n) is 6.83. The largest absolute Gasteiger partial charge is 0.454 e. The number of fused-ring (bicyclic) bond motifs is 6. The third kappa shape index (κ3) is 2.67. The normalized spacial score (nSPS) is 22.1. The van der Waals surface area contributed by atoms with Crippen LogP contribution in [-0.2, 0) is 11.3 Å². The molecule has 0 radical (unpaired) electrons. The number of ether oxygens (including phenoxy) is 1. The van der Waals surface area contributed by atoms with E-state index in [-0.39, 0.29) is 39.8 Å². The minimum absolute atomic E-state index is 0.0839. The average Bonchev–Trinajstić information content (AvgIpc) is 3.40. The van der Waals surface area contributed by atoms with E-state index in [2.05, 4.69) is 15.3 Å². The first-order valence-electron chi connectivity index (χ1n) is 11.1. The first kappa shape index (κ1) is 21.3. The number of halogens is 1. The summed E-state index contributed by atoms with van der Waals surface area (Å²) in [5, 5.41) is 14.7. The molecule has 1 aliphatic carbocycles. The standard InChI is InChI=1S/C26H21FN4O4/c1-12(2)13-6-8-15-20(10-13)35-26(34)16-4-3-5-17(28)21(16)22(32)25(15,26)31-24(33)23-29-18-9-7-14(27)11-19(18)30-23/h3-12,34H,28H2,1-2H3,(H,29,30)(H,31,33). The molecular formula is C26H21FN4O4. The molecule has 3 aromatic carbocycles. The number of aromatic amines is 1. The lowest BCUT2D eigenvalue weighted by molar-refractivity contribution is -0.169. The van der Waals surface area contributed by atoms with Crippen LogP contribution in [0.1, 0.15) is 57.4 Å². The number of aliphatic hydroxyl groups is 1. The number of rotatable bonds is 3. The first-order chi connectivity index (χ1) is 16.7. The first-order valence-corrected chi connectivity index (χ1v) is 11.1. The lowest BCUT2D eigenvalue weighted by atomic mass is 9.82. The maximum atomic E-state index is 14.0. The van der Waals surface area contributed by atoms with Gasteiger partial charge in [-0.15, -0.1) is 0 Å². The molecule has 2 unspecified atom stereocenters. The number of nitrogens with zero attached hydrogens (tertiary/aromatic N) is 1. The number of hydrogen-bond donors (Lipinski definition) is 4. The Balaban J connectivity index is 1.54. The molecule has 0 bridgehead atoms. The Bertz CT molecular complexity index is 1580. The van der Waals surface area contributed by atoms with Gasteiger partial charge >= 0.3 is 0 Å². The Morgan fingerprint density at radius 3 is 2.74 bits per heavy atom. The quantitative estimate of drug-likeness (QED) is 0.338. The predicted molar refractivity (Wildman–Crippen MR) is 125 cm³/mol. The molecule has 35 heavy (non-hydrogen) atoms. The van der Waals surface area contributed by atoms with Gasteiger partial charge in [-0.2, -0.15) is 0 Å². The van der Waals surface area contributed by atoms with Crippen molar-refractivity contribution in [2.24, 2.45) is 0 Å². The van der Waals surface area contributed by atoms with Crippen LogP contribution in [0.25, 0.3) is 11.0 Å². The fourth-order valence-electron chi connectivity index (χ4n) is 5.06. The molecule has 2 aliphatic rings. The van der Waals surface area contributed by atoms with Gasteiger partial charge in [-0.3, -0.25) is 9.59 Å². The number of benzene rings is 3. The van der Waals surface area contributed by atoms with E-state index in [0.717, 1.165) is 5.56 Å². The second-order valence-electron chi connectivity index (χ2n) is 9.21. The molecule has 9 heteroatoms. The number of amides is 1. The number of anilines is 1. The summed E-state index contributed by atoms with van der Waals surface area (Å²) in [6.07, 6.45) is 0. The number of nitrogens with one attached hydrogen (secondary N) is 2. The molecule has 0 spiro atoms. The van der Waals surface area contributed by atoms with E-state index in [1.54, 1.807) is 30.3 Å². The van der Waals surface area contributed by atoms with Crippen molar-refractivity contribution in [2.75, 3.05) is 5.73 Å². The topological polar surface area (TPSA) is 130 Å². The number of Topliss-reactive ketones (excluding diaryl/α,β-unsaturated/α-hetero) is 1. The van der Waals surface area contributed by atoms with Gasteiger partial charge in [-0.1, -0.05) is 38.1 Å². The molecule has 176 valence electrons. The van der Waals surface area contributed by atoms with Crippen LogP contribution >= 0.6 is 0 Å². The highest BCUT2D eigenvalue weighted by molar-refractivity contribution is 6.15. The SMILES string of the molecule is CC(C)c1ccc2c(c1)OC1(O)c3cccc(N)c3C(=O)C21NC(=O)c1nc2cc(F)ccc2[nH]1. The maximum Gasteiger partial charge on any atom is 0.288 e. The summed E-state index contributed by atoms with van der Waals surface area (Å²) in [5.41, 5.74) is 6.46. The van der Waals surface area contributed by atoms with Crippen LogP contribution in [0.15, 0.2) is 54.6 Å². The number of aromatic nitrogens is 2. The zero-order chi connectivity index (χ0) is 24.7. The lowest BCUT2D eigenvalue weighted by Gasteiger charge is -2.34. The Morgan fingerprint density at radius 1 is 1.17 bits per heavy atom. The second kappa shape index (κ2) is 6.89. The van der Waals surface area contributed by atoms with Crippen LogP contribution in [0, 0.1) is 5.82 Å². The average molecular weight is 472 g/mol. The summed E-state index contributed by atoms with van der Waals surface area (Å²) >= 11 is 0. The number of hydrogen-bond acceptors (Lipinski definition) is 6. The number of carbonyl (C=O) groups excluding carboxylic acids is 2. The van der Waals surface area contributed by atoms with Crippen LogP contribution in [0.4, 0.5) is 10.1 Å². The highest BCUT2D eigenvalue weighted by Crippen LogP contribution is 2.59. The Hall–Kier alpha value is -4.24. The number of carbonyl (C=O) groups is 2. The van der Waals surface area contributed by atoms with Crippen molar-refractivity contribution in [1.82, 2.24) is 15.3 Å². The molecule has 4 aromatic rings. The van der Waals surface area contributed by atoms with Gasteiger partial charge in [-0.05, 0) is 35.7 Å². The molecule has 1 amide bonds. The number of imidazole rings is 1. The summed E-state index contributed by atoms with van der Waals surface area (Å²) in [5.74, 6) is -3.80. The maximum absolute atomic E-state index is 14.0. The predicted octanol–water partition coefficient (Wildman–Crippen LogP) is 3.47. The summed E-state index contributed by atoms with van der Waals surface area (Å²) in [4.78, 5) is 34.4. The van der Waals surface area contributed by atoms with Gasteiger partial charge in [0.2, 0.25) is 11.3 Å². The van der Waals surface area contributed by atoms with Gasteiger partial charge in [0.25, 0.3) is 11.7 Å². The van der Waals surface area contributed by atoms with Crippen LogP contribution in [-0.4, -0.2) is 26.8 Å². The van der Waals surface area contributed by atoms with Gasteiger partial charge in [0.05, 0.1) is 16.6 Å². The van der Waals surface area contributed by atoms with E-state index in [0.29, 0.717) is 11.1 Å². The van der Waals surface area contributed by atoms with E-state index < -0.39 is 28.8 Å². The monoisotopic (exact) mass is 472 g/mol. The zero-order valence-corrected chi connectivity index (χ0v) is 18.8. The third-order valence-corrected chi connectivity index (χ3v) is 6.83. The van der Waals surface area contributed by atoms with E-state index in [9.17, 15) is 19.1 Å². The minimum Gasteiger partial charge on any atom is -0.454 e. The van der Waals surface area contributed by atoms with Gasteiger partial charge < -0.3 is 25.9 Å². The molecular weight excluding hydrogens is 451 g/mol. The summed E-state index contributed by atoms with van der Waals surface area (Å²) < 4.78 is 19.7. The second-order valence-corrected chi connectivity index (χ2v) is 9.21. The van der Waals surface area contributed by atoms with Crippen molar-refractivity contribution in [2.45, 2.75) is 31.1 Å². The number of nitrogen functional groups attached to an aromatic ring is 1. The minimum atomic E-state index is -2.24. The van der Waals surface area contributed by atoms with Crippen molar-refractivity contribution >= 4 is 28.4 Å². The van der Waals surface area contributed by atoms with Crippen molar-refractivity contribution in [1.29, 1.82) is 0 Å². The highest BCUT2D eigenvalue weighted by atomic mass is 19.1. The van der Waals surface area contributed by atoms with Crippen molar-refractivity contribution in [3.05, 3.63) is 88.5 Å². The molecule has 2 heterocycles. The van der Waals surface area contributed by atoms with E-state index in [1.165, 1.54) is 18.2 Å². The Morgan fingerprint density at radius 2 is 1.97 bits per heavy atom. The molecule has 2 atom stereocenters. The van der Waals surface area contributed by atoms with Gasteiger partial charge in [-0.25, -0.2) is 9.37 Å². The highest BCUT2D eigenvalue weighted by Gasteiger charge is 2.72. The number of ketones is 1. The fraction of sp³-hybridized carbons (Fsp3) is 0.192. The molecule has 8 nitrogen and oxygen atoms in total. The van der Waals surface area contributed by atoms with Gasteiger partial charge in [0.1, 0.15) is 11.6 Å².